The lowest BCUT2D eigenvalue weighted by molar-refractivity contribution is 0.0951. The second-order valence-corrected chi connectivity index (χ2v) is 4.52. The van der Waals surface area contributed by atoms with Gasteiger partial charge in [0.2, 0.25) is 0 Å². The number of nitrogens with zero attached hydrogens (tertiary/aromatic N) is 1. The van der Waals surface area contributed by atoms with Crippen LogP contribution in [0.1, 0.15) is 46.7 Å². The maximum absolute atomic E-state index is 12.0. The molecule has 6 heteroatoms. The minimum absolute atomic E-state index is 0.115. The number of carbonyl (C=O) groups is 1. The molecule has 1 aromatic heterocycles. The van der Waals surface area contributed by atoms with E-state index in [1.807, 2.05) is 13.8 Å². The SMILES string of the molecule is Cc1oc(C)c(C(=O)NCCCCC(N)=NO)c1C. The zero-order valence-corrected chi connectivity index (χ0v) is 11.6. The molecule has 6 nitrogen and oxygen atoms in total. The highest BCUT2D eigenvalue weighted by Gasteiger charge is 2.17. The van der Waals surface area contributed by atoms with Crippen LogP contribution in [0.5, 0.6) is 0 Å². The maximum Gasteiger partial charge on any atom is 0.255 e. The molecule has 0 unspecified atom stereocenters. The Bertz CT molecular complexity index is 478. The van der Waals surface area contributed by atoms with Crippen molar-refractivity contribution in [2.75, 3.05) is 6.54 Å². The van der Waals surface area contributed by atoms with Gasteiger partial charge in [0, 0.05) is 18.5 Å². The van der Waals surface area contributed by atoms with E-state index in [1.54, 1.807) is 6.92 Å². The summed E-state index contributed by atoms with van der Waals surface area (Å²) in [5.41, 5.74) is 6.85. The van der Waals surface area contributed by atoms with Gasteiger partial charge in [0.05, 0.1) is 5.56 Å². The first kappa shape index (κ1) is 15.1. The Hall–Kier alpha value is -1.98. The van der Waals surface area contributed by atoms with E-state index in [9.17, 15) is 4.79 Å². The number of nitrogens with two attached hydrogens (primary N) is 1. The molecule has 0 aliphatic heterocycles. The lowest BCUT2D eigenvalue weighted by Crippen LogP contribution is -2.25. The predicted molar refractivity (Wildman–Crippen MR) is 72.5 cm³/mol. The van der Waals surface area contributed by atoms with Gasteiger partial charge < -0.3 is 20.7 Å². The van der Waals surface area contributed by atoms with Crippen LogP contribution in [0.15, 0.2) is 9.57 Å². The molecule has 0 bridgehead atoms. The second-order valence-electron chi connectivity index (χ2n) is 4.52. The number of carbonyl (C=O) groups excluding carboxylic acids is 1. The lowest BCUT2D eigenvalue weighted by atomic mass is 10.1. The number of amidine groups is 1. The van der Waals surface area contributed by atoms with Gasteiger partial charge in [-0.3, -0.25) is 4.79 Å². The van der Waals surface area contributed by atoms with Crippen LogP contribution in [0, 0.1) is 20.8 Å². The Labute approximate surface area is 112 Å². The molecule has 0 saturated carbocycles. The molecule has 1 heterocycles. The van der Waals surface area contributed by atoms with Crippen LogP contribution in [-0.2, 0) is 0 Å². The van der Waals surface area contributed by atoms with Crippen molar-refractivity contribution >= 4 is 11.7 Å². The Balaban J connectivity index is 2.40. The normalized spacial score (nSPS) is 11.6. The topological polar surface area (TPSA) is 101 Å². The summed E-state index contributed by atoms with van der Waals surface area (Å²) in [7, 11) is 0. The highest BCUT2D eigenvalue weighted by atomic mass is 16.4. The summed E-state index contributed by atoms with van der Waals surface area (Å²) in [5, 5.41) is 14.1. The summed E-state index contributed by atoms with van der Waals surface area (Å²) in [6.07, 6.45) is 2.06. The molecule has 0 fully saturated rings. The predicted octanol–water partition coefficient (Wildman–Crippen LogP) is 1.85. The van der Waals surface area contributed by atoms with Gasteiger partial charge in [-0.05, 0) is 33.6 Å². The molecule has 0 atom stereocenters. The maximum atomic E-state index is 12.0. The van der Waals surface area contributed by atoms with Crippen molar-refractivity contribution in [2.45, 2.75) is 40.0 Å². The molecule has 106 valence electrons. The molecule has 1 amide bonds. The van der Waals surface area contributed by atoms with Crippen molar-refractivity contribution in [3.05, 3.63) is 22.6 Å². The third-order valence-corrected chi connectivity index (χ3v) is 3.06. The fourth-order valence-electron chi connectivity index (χ4n) is 1.90. The summed E-state index contributed by atoms with van der Waals surface area (Å²) < 4.78 is 5.42. The number of hydrogen-bond acceptors (Lipinski definition) is 4. The first-order valence-corrected chi connectivity index (χ1v) is 6.28. The third kappa shape index (κ3) is 4.01. The van der Waals surface area contributed by atoms with E-state index in [0.29, 0.717) is 24.3 Å². The molecule has 0 aliphatic rings. The molecule has 0 radical (unpaired) electrons. The minimum atomic E-state index is -0.115. The number of furan rings is 1. The Morgan fingerprint density at radius 2 is 2.00 bits per heavy atom. The van der Waals surface area contributed by atoms with E-state index in [2.05, 4.69) is 10.5 Å². The monoisotopic (exact) mass is 267 g/mol. The zero-order valence-electron chi connectivity index (χ0n) is 11.6. The van der Waals surface area contributed by atoms with Crippen molar-refractivity contribution in [2.24, 2.45) is 10.9 Å². The fourth-order valence-corrected chi connectivity index (χ4v) is 1.90. The largest absolute Gasteiger partial charge is 0.466 e. The molecule has 0 saturated heterocycles. The second kappa shape index (κ2) is 6.82. The van der Waals surface area contributed by atoms with Crippen LogP contribution in [0.3, 0.4) is 0 Å². The highest BCUT2D eigenvalue weighted by Crippen LogP contribution is 2.20. The molecule has 0 aliphatic carbocycles. The van der Waals surface area contributed by atoms with Crippen molar-refractivity contribution in [1.82, 2.24) is 5.32 Å². The van der Waals surface area contributed by atoms with Gasteiger partial charge in [-0.2, -0.15) is 0 Å². The Morgan fingerprint density at radius 1 is 1.32 bits per heavy atom. The summed E-state index contributed by atoms with van der Waals surface area (Å²) in [4.78, 5) is 12.0. The number of nitrogens with one attached hydrogen (secondary N) is 1. The smallest absolute Gasteiger partial charge is 0.255 e. The molecule has 4 N–H and O–H groups in total. The van der Waals surface area contributed by atoms with Gasteiger partial charge in [-0.1, -0.05) is 5.16 Å². The minimum Gasteiger partial charge on any atom is -0.466 e. The molecule has 0 spiro atoms. The molecule has 19 heavy (non-hydrogen) atoms. The number of hydrogen-bond donors (Lipinski definition) is 3. The van der Waals surface area contributed by atoms with Crippen molar-refractivity contribution in [3.8, 4) is 0 Å². The van der Waals surface area contributed by atoms with Crippen LogP contribution in [0.25, 0.3) is 0 Å². The van der Waals surface area contributed by atoms with Crippen molar-refractivity contribution in [1.29, 1.82) is 0 Å². The molecular weight excluding hydrogens is 246 g/mol. The van der Waals surface area contributed by atoms with Gasteiger partial charge in [0.15, 0.2) is 0 Å². The van der Waals surface area contributed by atoms with Crippen molar-refractivity contribution < 1.29 is 14.4 Å². The van der Waals surface area contributed by atoms with E-state index >= 15 is 0 Å². The number of aryl methyl sites for hydroxylation is 2. The lowest BCUT2D eigenvalue weighted by Gasteiger charge is -2.05. The van der Waals surface area contributed by atoms with Crippen LogP contribution in [-0.4, -0.2) is 23.5 Å². The standard InChI is InChI=1S/C13H21N3O3/c1-8-9(2)19-10(3)12(8)13(17)15-7-5-4-6-11(14)16-18/h18H,4-7H2,1-3H3,(H2,14,16)(H,15,17). The first-order valence-electron chi connectivity index (χ1n) is 6.28. The number of oxime groups is 1. The van der Waals surface area contributed by atoms with Gasteiger partial charge >= 0.3 is 0 Å². The van der Waals surface area contributed by atoms with E-state index in [-0.39, 0.29) is 11.7 Å². The Morgan fingerprint density at radius 3 is 2.53 bits per heavy atom. The number of unbranched alkanes of at least 4 members (excludes halogenated alkanes) is 1. The highest BCUT2D eigenvalue weighted by molar-refractivity contribution is 5.96. The van der Waals surface area contributed by atoms with E-state index < -0.39 is 0 Å². The third-order valence-electron chi connectivity index (χ3n) is 3.06. The fraction of sp³-hybridized carbons (Fsp3) is 0.538. The van der Waals surface area contributed by atoms with E-state index in [4.69, 9.17) is 15.4 Å². The van der Waals surface area contributed by atoms with Gasteiger partial charge in [0.1, 0.15) is 17.4 Å². The summed E-state index contributed by atoms with van der Waals surface area (Å²) in [6, 6.07) is 0. The van der Waals surface area contributed by atoms with Gasteiger partial charge in [-0.25, -0.2) is 0 Å². The van der Waals surface area contributed by atoms with Crippen molar-refractivity contribution in [3.63, 3.8) is 0 Å². The molecule has 1 rings (SSSR count). The average Bonchev–Trinajstić information content (AvgIpc) is 2.62. The zero-order chi connectivity index (χ0) is 14.4. The van der Waals surface area contributed by atoms with Crippen LogP contribution in [0.2, 0.25) is 0 Å². The van der Waals surface area contributed by atoms with E-state index in [0.717, 1.165) is 24.2 Å². The quantitative estimate of drug-likeness (QED) is 0.241. The van der Waals surface area contributed by atoms with Crippen LogP contribution < -0.4 is 11.1 Å². The summed E-state index contributed by atoms with van der Waals surface area (Å²) in [6.45, 7) is 6.06. The molecule has 0 aromatic carbocycles. The van der Waals surface area contributed by atoms with Gasteiger partial charge in [0.25, 0.3) is 5.91 Å². The summed E-state index contributed by atoms with van der Waals surface area (Å²) in [5.74, 6) is 1.51. The Kier molecular flexibility index (Phi) is 5.41. The molecule has 1 aromatic rings. The summed E-state index contributed by atoms with van der Waals surface area (Å²) >= 11 is 0. The average molecular weight is 267 g/mol. The van der Waals surface area contributed by atoms with E-state index in [1.165, 1.54) is 0 Å². The van der Waals surface area contributed by atoms with Crippen LogP contribution >= 0.6 is 0 Å². The number of rotatable bonds is 6. The first-order chi connectivity index (χ1) is 8.97. The number of amides is 1. The molecular formula is C13H21N3O3. The van der Waals surface area contributed by atoms with Gasteiger partial charge in [-0.15, -0.1) is 0 Å². The van der Waals surface area contributed by atoms with Crippen LogP contribution in [0.4, 0.5) is 0 Å².